The fraction of sp³-hybridized carbons (Fsp3) is 0.292. The fourth-order valence-corrected chi connectivity index (χ4v) is 3.45. The van der Waals surface area contributed by atoms with Gasteiger partial charge in [-0.05, 0) is 42.3 Å². The van der Waals surface area contributed by atoms with Gasteiger partial charge in [0.2, 0.25) is 5.88 Å². The molecule has 192 valence electrons. The summed E-state index contributed by atoms with van der Waals surface area (Å²) in [5, 5.41) is 6.26. The molecule has 0 fully saturated rings. The van der Waals surface area contributed by atoms with Crippen LogP contribution in [0.15, 0.2) is 48.5 Å². The molecule has 0 aliphatic rings. The van der Waals surface area contributed by atoms with Crippen LogP contribution in [0.4, 0.5) is 22.0 Å². The van der Waals surface area contributed by atoms with Crippen molar-refractivity contribution in [3.63, 3.8) is 0 Å². The predicted octanol–water partition coefficient (Wildman–Crippen LogP) is 5.53. The van der Waals surface area contributed by atoms with E-state index in [0.717, 1.165) is 10.7 Å². The molecular weight excluding hydrogens is 489 g/mol. The summed E-state index contributed by atoms with van der Waals surface area (Å²) in [4.78, 5) is 24.6. The highest BCUT2D eigenvalue weighted by Crippen LogP contribution is 2.33. The molecule has 3 rings (SSSR count). The SMILES string of the molecule is COC(=O)c1ccc([C@H](C)NC(=O)c2c(C(F)F)nn(C)c2Oc2cccc(CC(F)(F)F)c2)cc1. The Hall–Kier alpha value is -3.96. The molecule has 0 unspecified atom stereocenters. The molecule has 3 aromatic rings. The van der Waals surface area contributed by atoms with Crippen LogP contribution in [-0.4, -0.2) is 34.9 Å². The molecule has 1 atom stereocenters. The van der Waals surface area contributed by atoms with Crippen LogP contribution in [0.3, 0.4) is 0 Å². The van der Waals surface area contributed by atoms with Gasteiger partial charge in [0.25, 0.3) is 12.3 Å². The van der Waals surface area contributed by atoms with Gasteiger partial charge in [0.1, 0.15) is 17.0 Å². The van der Waals surface area contributed by atoms with Crippen LogP contribution in [0.25, 0.3) is 0 Å². The molecule has 1 aromatic heterocycles. The van der Waals surface area contributed by atoms with Crippen molar-refractivity contribution in [2.75, 3.05) is 7.11 Å². The molecule has 7 nitrogen and oxygen atoms in total. The zero-order chi connectivity index (χ0) is 26.6. The molecule has 0 spiro atoms. The highest BCUT2D eigenvalue weighted by molar-refractivity contribution is 5.98. The van der Waals surface area contributed by atoms with Gasteiger partial charge in [0.15, 0.2) is 0 Å². The van der Waals surface area contributed by atoms with Crippen LogP contribution in [0.1, 0.15) is 56.9 Å². The van der Waals surface area contributed by atoms with Gasteiger partial charge in [0.05, 0.1) is 25.1 Å². The number of aryl methyl sites for hydroxylation is 1. The zero-order valence-electron chi connectivity index (χ0n) is 19.4. The van der Waals surface area contributed by atoms with E-state index in [4.69, 9.17) is 4.74 Å². The second kappa shape index (κ2) is 10.8. The average molecular weight is 511 g/mol. The summed E-state index contributed by atoms with van der Waals surface area (Å²) < 4.78 is 76.8. The maximum absolute atomic E-state index is 13.7. The molecule has 2 aromatic carbocycles. The number of hydrogen-bond acceptors (Lipinski definition) is 5. The number of benzene rings is 2. The van der Waals surface area contributed by atoms with Crippen LogP contribution in [0, 0.1) is 0 Å². The number of hydrogen-bond donors (Lipinski definition) is 1. The van der Waals surface area contributed by atoms with E-state index in [-0.39, 0.29) is 22.8 Å². The monoisotopic (exact) mass is 511 g/mol. The van der Waals surface area contributed by atoms with Crippen molar-refractivity contribution in [1.29, 1.82) is 0 Å². The highest BCUT2D eigenvalue weighted by atomic mass is 19.4. The third-order valence-electron chi connectivity index (χ3n) is 5.15. The number of nitrogens with one attached hydrogen (secondary N) is 1. The number of ether oxygens (including phenoxy) is 2. The van der Waals surface area contributed by atoms with Crippen molar-refractivity contribution in [3.8, 4) is 11.6 Å². The first-order chi connectivity index (χ1) is 16.9. The standard InChI is InChI=1S/C24H22F5N3O4/c1-13(15-7-9-16(10-8-15)23(34)35-3)30-21(33)18-19(20(25)26)31-32(2)22(18)36-17-6-4-5-14(11-17)12-24(27,28)29/h4-11,13,20H,12H2,1-3H3,(H,30,33)/t13-/m0/s1. The first-order valence-electron chi connectivity index (χ1n) is 10.6. The number of esters is 1. The number of carbonyl (C=O) groups excluding carboxylic acids is 2. The normalized spacial score (nSPS) is 12.4. The van der Waals surface area contributed by atoms with Crippen LogP contribution in [-0.2, 0) is 18.2 Å². The molecule has 12 heteroatoms. The number of nitrogens with zero attached hydrogens (tertiary/aromatic N) is 2. The minimum atomic E-state index is -4.45. The smallest absolute Gasteiger partial charge is 0.393 e. The lowest BCUT2D eigenvalue weighted by molar-refractivity contribution is -0.127. The van der Waals surface area contributed by atoms with Gasteiger partial charge in [-0.15, -0.1) is 0 Å². The Labute approximate surface area is 202 Å². The van der Waals surface area contributed by atoms with Gasteiger partial charge in [-0.3, -0.25) is 4.79 Å². The molecule has 0 bridgehead atoms. The number of alkyl halides is 5. The summed E-state index contributed by atoms with van der Waals surface area (Å²) in [6.07, 6.45) is -8.79. The molecule has 1 amide bonds. The van der Waals surface area contributed by atoms with Gasteiger partial charge in [-0.1, -0.05) is 24.3 Å². The molecule has 0 saturated heterocycles. The lowest BCUT2D eigenvalue weighted by Gasteiger charge is -2.16. The van der Waals surface area contributed by atoms with Gasteiger partial charge >= 0.3 is 12.1 Å². The molecule has 36 heavy (non-hydrogen) atoms. The summed E-state index contributed by atoms with van der Waals surface area (Å²) in [5.41, 5.74) is -0.640. The topological polar surface area (TPSA) is 82.5 Å². The molecule has 1 N–H and O–H groups in total. The van der Waals surface area contributed by atoms with Gasteiger partial charge in [-0.25, -0.2) is 18.3 Å². The lowest BCUT2D eigenvalue weighted by atomic mass is 10.1. The molecular formula is C24H22F5N3O4. The Kier molecular flexibility index (Phi) is 7.96. The number of aromatic nitrogens is 2. The average Bonchev–Trinajstić information content (AvgIpc) is 3.14. The Balaban J connectivity index is 1.88. The van der Waals surface area contributed by atoms with E-state index in [1.165, 1.54) is 44.5 Å². The van der Waals surface area contributed by atoms with Crippen molar-refractivity contribution < 1.29 is 41.0 Å². The second-order valence-electron chi connectivity index (χ2n) is 7.84. The van der Waals surface area contributed by atoms with Gasteiger partial charge in [0, 0.05) is 7.05 Å². The Bertz CT molecular complexity index is 1240. The van der Waals surface area contributed by atoms with E-state index in [1.807, 2.05) is 0 Å². The van der Waals surface area contributed by atoms with Crippen molar-refractivity contribution in [1.82, 2.24) is 15.1 Å². The van der Waals surface area contributed by atoms with E-state index in [2.05, 4.69) is 15.2 Å². The van der Waals surface area contributed by atoms with E-state index >= 15 is 0 Å². The third kappa shape index (κ3) is 6.37. The largest absolute Gasteiger partial charge is 0.465 e. The summed E-state index contributed by atoms with van der Waals surface area (Å²) >= 11 is 0. The lowest BCUT2D eigenvalue weighted by Crippen LogP contribution is -2.27. The van der Waals surface area contributed by atoms with E-state index in [1.54, 1.807) is 19.1 Å². The van der Waals surface area contributed by atoms with Gasteiger partial charge in [-0.2, -0.15) is 18.3 Å². The molecule has 0 aliphatic heterocycles. The quantitative estimate of drug-likeness (QED) is 0.318. The zero-order valence-corrected chi connectivity index (χ0v) is 19.4. The molecule has 0 saturated carbocycles. The summed E-state index contributed by atoms with van der Waals surface area (Å²) in [5.74, 6) is -1.91. The van der Waals surface area contributed by atoms with Crippen LogP contribution in [0.5, 0.6) is 11.6 Å². The molecule has 0 radical (unpaired) electrons. The molecule has 0 aliphatic carbocycles. The maximum Gasteiger partial charge on any atom is 0.393 e. The fourth-order valence-electron chi connectivity index (χ4n) is 3.45. The molecule has 1 heterocycles. The van der Waals surface area contributed by atoms with E-state index in [0.29, 0.717) is 5.56 Å². The minimum Gasteiger partial charge on any atom is -0.465 e. The second-order valence-corrected chi connectivity index (χ2v) is 7.84. The van der Waals surface area contributed by atoms with Crippen LogP contribution < -0.4 is 10.1 Å². The number of halogens is 5. The third-order valence-corrected chi connectivity index (χ3v) is 5.15. The Morgan fingerprint density at radius 1 is 1.11 bits per heavy atom. The summed E-state index contributed by atoms with van der Waals surface area (Å²) in [6.45, 7) is 1.60. The Morgan fingerprint density at radius 2 is 1.78 bits per heavy atom. The number of methoxy groups -OCH3 is 1. The van der Waals surface area contributed by atoms with Crippen LogP contribution in [0.2, 0.25) is 0 Å². The number of amides is 1. The first kappa shape index (κ1) is 26.6. The van der Waals surface area contributed by atoms with Crippen molar-refractivity contribution in [2.24, 2.45) is 7.05 Å². The first-order valence-corrected chi connectivity index (χ1v) is 10.6. The summed E-state index contributed by atoms with van der Waals surface area (Å²) in [7, 11) is 2.51. The minimum absolute atomic E-state index is 0.0823. The summed E-state index contributed by atoms with van der Waals surface area (Å²) in [6, 6.07) is 10.4. The van der Waals surface area contributed by atoms with Gasteiger partial charge < -0.3 is 14.8 Å². The van der Waals surface area contributed by atoms with Crippen molar-refractivity contribution >= 4 is 11.9 Å². The van der Waals surface area contributed by atoms with E-state index in [9.17, 15) is 31.5 Å². The van der Waals surface area contributed by atoms with Crippen molar-refractivity contribution in [3.05, 3.63) is 76.5 Å². The Morgan fingerprint density at radius 3 is 2.36 bits per heavy atom. The van der Waals surface area contributed by atoms with E-state index < -0.39 is 48.2 Å². The maximum atomic E-state index is 13.7. The van der Waals surface area contributed by atoms with Crippen molar-refractivity contribution in [2.45, 2.75) is 32.0 Å². The van der Waals surface area contributed by atoms with Crippen LogP contribution >= 0.6 is 0 Å². The predicted molar refractivity (Wildman–Crippen MR) is 118 cm³/mol. The number of carbonyl (C=O) groups is 2. The highest BCUT2D eigenvalue weighted by Gasteiger charge is 2.31. The number of rotatable bonds is 8.